The summed E-state index contributed by atoms with van der Waals surface area (Å²) in [6, 6.07) is 5.79. The molecule has 0 radical (unpaired) electrons. The van der Waals surface area contributed by atoms with E-state index in [4.69, 9.17) is 15.6 Å². The molecule has 0 fully saturated rings. The normalized spacial score (nSPS) is 15.5. The minimum absolute atomic E-state index is 0.0360. The number of esters is 1. The first-order valence-electron chi connectivity index (χ1n) is 8.41. The minimum Gasteiger partial charge on any atom is -0.481 e. The summed E-state index contributed by atoms with van der Waals surface area (Å²) in [5, 5.41) is 8.95. The molecule has 0 bridgehead atoms. The van der Waals surface area contributed by atoms with Crippen LogP contribution in [-0.2, 0) is 14.3 Å². The van der Waals surface area contributed by atoms with Crippen molar-refractivity contribution < 1.29 is 19.4 Å². The summed E-state index contributed by atoms with van der Waals surface area (Å²) in [7, 11) is 0. The van der Waals surface area contributed by atoms with E-state index in [1.807, 2.05) is 18.2 Å². The lowest BCUT2D eigenvalue weighted by molar-refractivity contribution is -0.141. The summed E-state index contributed by atoms with van der Waals surface area (Å²) in [5.74, 6) is -1.36. The lowest BCUT2D eigenvalue weighted by Crippen LogP contribution is -2.13. The molecule has 0 amide bonds. The third-order valence-electron chi connectivity index (χ3n) is 4.38. The van der Waals surface area contributed by atoms with Crippen LogP contribution in [0.3, 0.4) is 0 Å². The molecule has 0 saturated heterocycles. The van der Waals surface area contributed by atoms with Crippen molar-refractivity contribution in [3.63, 3.8) is 0 Å². The molecule has 1 unspecified atom stereocenters. The zero-order chi connectivity index (χ0) is 17.5. The maximum Gasteiger partial charge on any atom is 0.303 e. The molecule has 1 aliphatic carbocycles. The van der Waals surface area contributed by atoms with Gasteiger partial charge in [0.25, 0.3) is 0 Å². The predicted molar refractivity (Wildman–Crippen MR) is 93.5 cm³/mol. The van der Waals surface area contributed by atoms with Crippen molar-refractivity contribution in [3.05, 3.63) is 35.4 Å². The topological polar surface area (TPSA) is 89.6 Å². The molecule has 0 spiro atoms. The van der Waals surface area contributed by atoms with Gasteiger partial charge in [-0.3, -0.25) is 9.59 Å². The maximum atomic E-state index is 11.1. The largest absolute Gasteiger partial charge is 0.481 e. The SMILES string of the molecule is CC(=O)OCC(CCC(=O)O)c1ccc(N)c(C2=CCCCC2)c1. The Morgan fingerprint density at radius 1 is 1.33 bits per heavy atom. The molecule has 5 heteroatoms. The van der Waals surface area contributed by atoms with Crippen LogP contribution in [0.2, 0.25) is 0 Å². The first-order valence-corrected chi connectivity index (χ1v) is 8.41. The van der Waals surface area contributed by atoms with E-state index in [9.17, 15) is 9.59 Å². The number of benzene rings is 1. The molecule has 1 aromatic carbocycles. The molecule has 0 heterocycles. The van der Waals surface area contributed by atoms with Crippen molar-refractivity contribution in [3.8, 4) is 0 Å². The van der Waals surface area contributed by atoms with Gasteiger partial charge in [0.2, 0.25) is 0 Å². The quantitative estimate of drug-likeness (QED) is 0.587. The van der Waals surface area contributed by atoms with Crippen molar-refractivity contribution in [2.24, 2.45) is 0 Å². The van der Waals surface area contributed by atoms with Gasteiger partial charge < -0.3 is 15.6 Å². The van der Waals surface area contributed by atoms with Gasteiger partial charge in [0, 0.05) is 30.5 Å². The van der Waals surface area contributed by atoms with Crippen LogP contribution in [0.4, 0.5) is 5.69 Å². The highest BCUT2D eigenvalue weighted by molar-refractivity contribution is 5.76. The van der Waals surface area contributed by atoms with Crippen LogP contribution in [-0.4, -0.2) is 23.7 Å². The van der Waals surface area contributed by atoms with E-state index in [0.29, 0.717) is 6.42 Å². The number of rotatable bonds is 7. The van der Waals surface area contributed by atoms with Crippen molar-refractivity contribution in [1.29, 1.82) is 0 Å². The fourth-order valence-electron chi connectivity index (χ4n) is 3.05. The average molecular weight is 331 g/mol. The Labute approximate surface area is 142 Å². The summed E-state index contributed by atoms with van der Waals surface area (Å²) in [5.41, 5.74) is 10.1. The summed E-state index contributed by atoms with van der Waals surface area (Å²) >= 11 is 0. The van der Waals surface area contributed by atoms with Crippen LogP contribution in [0.25, 0.3) is 5.57 Å². The molecule has 3 N–H and O–H groups in total. The van der Waals surface area contributed by atoms with Crippen molar-refractivity contribution in [2.45, 2.75) is 51.4 Å². The standard InChI is InChI=1S/C19H25NO4/c1-13(21)24-12-16(8-10-19(22)23)15-7-9-18(20)17(11-15)14-5-3-2-4-6-14/h5,7,9,11,16H,2-4,6,8,10,12,20H2,1H3,(H,22,23). The first kappa shape index (κ1) is 18.0. The van der Waals surface area contributed by atoms with E-state index in [0.717, 1.165) is 36.1 Å². The second-order valence-corrected chi connectivity index (χ2v) is 6.25. The maximum absolute atomic E-state index is 11.1. The number of anilines is 1. The number of ether oxygens (including phenoxy) is 1. The third kappa shape index (κ3) is 5.11. The highest BCUT2D eigenvalue weighted by Gasteiger charge is 2.18. The molecular formula is C19H25NO4. The zero-order valence-electron chi connectivity index (χ0n) is 14.1. The average Bonchev–Trinajstić information content (AvgIpc) is 2.56. The van der Waals surface area contributed by atoms with Crippen LogP contribution in [0, 0.1) is 0 Å². The van der Waals surface area contributed by atoms with Gasteiger partial charge in [-0.25, -0.2) is 0 Å². The monoisotopic (exact) mass is 331 g/mol. The number of allylic oxidation sites excluding steroid dienone is 2. The fraction of sp³-hybridized carbons (Fsp3) is 0.474. The Hall–Kier alpha value is -2.30. The Bertz CT molecular complexity index is 618. The van der Waals surface area contributed by atoms with Gasteiger partial charge in [-0.05, 0) is 55.4 Å². The first-order chi connectivity index (χ1) is 11.5. The molecule has 1 aliphatic rings. The Balaban J connectivity index is 2.25. The molecule has 0 saturated carbocycles. The Morgan fingerprint density at radius 2 is 2.12 bits per heavy atom. The van der Waals surface area contributed by atoms with Gasteiger partial charge in [-0.2, -0.15) is 0 Å². The van der Waals surface area contributed by atoms with Gasteiger partial charge in [0.1, 0.15) is 0 Å². The minimum atomic E-state index is -0.853. The molecule has 1 aromatic rings. The van der Waals surface area contributed by atoms with Crippen LogP contribution in [0.1, 0.15) is 62.5 Å². The van der Waals surface area contributed by atoms with Crippen molar-refractivity contribution >= 4 is 23.2 Å². The van der Waals surface area contributed by atoms with Gasteiger partial charge in [-0.15, -0.1) is 0 Å². The molecule has 1 atom stereocenters. The van der Waals surface area contributed by atoms with E-state index in [-0.39, 0.29) is 24.9 Å². The Morgan fingerprint density at radius 3 is 2.75 bits per heavy atom. The molecule has 0 aliphatic heterocycles. The summed E-state index contributed by atoms with van der Waals surface area (Å²) in [4.78, 5) is 22.0. The van der Waals surface area contributed by atoms with Crippen LogP contribution in [0.15, 0.2) is 24.3 Å². The molecule has 24 heavy (non-hydrogen) atoms. The number of hydrogen-bond donors (Lipinski definition) is 2. The number of aliphatic carboxylic acids is 1. The van der Waals surface area contributed by atoms with E-state index >= 15 is 0 Å². The van der Waals surface area contributed by atoms with E-state index in [2.05, 4.69) is 6.08 Å². The fourth-order valence-corrected chi connectivity index (χ4v) is 3.05. The summed E-state index contributed by atoms with van der Waals surface area (Å²) in [6.45, 7) is 1.54. The van der Waals surface area contributed by atoms with Crippen LogP contribution in [0.5, 0.6) is 0 Å². The van der Waals surface area contributed by atoms with E-state index in [1.165, 1.54) is 18.9 Å². The highest BCUT2D eigenvalue weighted by Crippen LogP contribution is 2.33. The number of carbonyl (C=O) groups is 2. The van der Waals surface area contributed by atoms with Crippen molar-refractivity contribution in [2.75, 3.05) is 12.3 Å². The molecule has 2 rings (SSSR count). The zero-order valence-corrected chi connectivity index (χ0v) is 14.1. The van der Waals surface area contributed by atoms with Gasteiger partial charge >= 0.3 is 11.9 Å². The second-order valence-electron chi connectivity index (χ2n) is 6.25. The molecule has 5 nitrogen and oxygen atoms in total. The summed E-state index contributed by atoms with van der Waals surface area (Å²) in [6.07, 6.45) is 7.13. The number of nitrogen functional groups attached to an aromatic ring is 1. The number of hydrogen-bond acceptors (Lipinski definition) is 4. The number of carboxylic acid groups (broad SMARTS) is 1. The molecule has 130 valence electrons. The van der Waals surface area contributed by atoms with Crippen molar-refractivity contribution in [1.82, 2.24) is 0 Å². The smallest absolute Gasteiger partial charge is 0.303 e. The predicted octanol–water partition coefficient (Wildman–Crippen LogP) is 3.74. The van der Waals surface area contributed by atoms with Gasteiger partial charge in [0.05, 0.1) is 6.61 Å². The third-order valence-corrected chi connectivity index (χ3v) is 4.38. The number of nitrogens with two attached hydrogens (primary N) is 1. The Kier molecular flexibility index (Phi) is 6.41. The van der Waals surface area contributed by atoms with Gasteiger partial charge in [-0.1, -0.05) is 12.1 Å². The summed E-state index contributed by atoms with van der Waals surface area (Å²) < 4.78 is 5.13. The van der Waals surface area contributed by atoms with Gasteiger partial charge in [0.15, 0.2) is 0 Å². The van der Waals surface area contributed by atoms with E-state index in [1.54, 1.807) is 0 Å². The van der Waals surface area contributed by atoms with Crippen LogP contribution >= 0.6 is 0 Å². The number of carboxylic acids is 1. The lowest BCUT2D eigenvalue weighted by atomic mass is 9.88. The van der Waals surface area contributed by atoms with E-state index < -0.39 is 5.97 Å². The molecule has 0 aromatic heterocycles. The highest BCUT2D eigenvalue weighted by atomic mass is 16.5. The lowest BCUT2D eigenvalue weighted by Gasteiger charge is -2.20. The molecular weight excluding hydrogens is 306 g/mol. The second kappa shape index (κ2) is 8.52. The number of carbonyl (C=O) groups excluding carboxylic acids is 1. The van der Waals surface area contributed by atoms with Crippen LogP contribution < -0.4 is 5.73 Å².